The molecule has 2 rings (SSSR count). The Kier molecular flexibility index (Phi) is 3.94. The molecule has 2 heterocycles. The van der Waals surface area contributed by atoms with Crippen LogP contribution in [0.5, 0.6) is 0 Å². The predicted molar refractivity (Wildman–Crippen MR) is 61.3 cm³/mol. The van der Waals surface area contributed by atoms with Crippen molar-refractivity contribution in [1.82, 2.24) is 5.32 Å². The molecule has 2 aliphatic heterocycles. The van der Waals surface area contributed by atoms with Gasteiger partial charge in [0.05, 0.1) is 19.1 Å². The van der Waals surface area contributed by atoms with E-state index >= 15 is 0 Å². The van der Waals surface area contributed by atoms with Gasteiger partial charge in [0.15, 0.2) is 0 Å². The highest BCUT2D eigenvalue weighted by Crippen LogP contribution is 2.14. The van der Waals surface area contributed by atoms with Gasteiger partial charge in [-0.25, -0.2) is 0 Å². The summed E-state index contributed by atoms with van der Waals surface area (Å²) in [6.07, 6.45) is 1.61. The van der Waals surface area contributed by atoms with Crippen molar-refractivity contribution in [2.75, 3.05) is 24.7 Å². The molecule has 0 aromatic heterocycles. The van der Waals surface area contributed by atoms with Gasteiger partial charge < -0.3 is 15.8 Å². The lowest BCUT2D eigenvalue weighted by Gasteiger charge is -2.24. The molecule has 0 bridgehead atoms. The van der Waals surface area contributed by atoms with Gasteiger partial charge in [0, 0.05) is 34.4 Å². The van der Waals surface area contributed by atoms with Gasteiger partial charge in [0.1, 0.15) is 0 Å². The zero-order chi connectivity index (χ0) is 11.5. The third-order valence-electron chi connectivity index (χ3n) is 3.20. The van der Waals surface area contributed by atoms with Crippen molar-refractivity contribution < 1.29 is 13.7 Å². The maximum Gasteiger partial charge on any atom is 0.227 e. The second-order valence-corrected chi connectivity index (χ2v) is 6.13. The second kappa shape index (κ2) is 5.25. The molecule has 2 saturated heterocycles. The third-order valence-corrected chi connectivity index (χ3v) is 4.58. The van der Waals surface area contributed by atoms with E-state index in [9.17, 15) is 9.00 Å². The molecule has 2 atom stereocenters. The van der Waals surface area contributed by atoms with Crippen LogP contribution in [0.1, 0.15) is 12.8 Å². The van der Waals surface area contributed by atoms with Crippen molar-refractivity contribution in [3.8, 4) is 0 Å². The van der Waals surface area contributed by atoms with Crippen molar-refractivity contribution >= 4 is 16.7 Å². The molecule has 0 radical (unpaired) electrons. The van der Waals surface area contributed by atoms with Gasteiger partial charge in [0.2, 0.25) is 5.91 Å². The lowest BCUT2D eigenvalue weighted by molar-refractivity contribution is -0.126. The molecule has 6 heteroatoms. The maximum absolute atomic E-state index is 11.9. The number of nitrogens with one attached hydrogen (secondary N) is 1. The van der Waals surface area contributed by atoms with Crippen LogP contribution in [0.15, 0.2) is 0 Å². The van der Waals surface area contributed by atoms with Crippen molar-refractivity contribution in [1.29, 1.82) is 0 Å². The smallest absolute Gasteiger partial charge is 0.227 e. The predicted octanol–water partition coefficient (Wildman–Crippen LogP) is -1.01. The largest absolute Gasteiger partial charge is 0.379 e. The lowest BCUT2D eigenvalue weighted by atomic mass is 10.0. The first-order valence-electron chi connectivity index (χ1n) is 5.65. The standard InChI is InChI=1S/C10H18N2O3S/c11-9-6-15-5-8(9)10(13)12-7-1-3-16(14)4-2-7/h7-9H,1-6,11H2,(H,12,13). The average molecular weight is 246 g/mol. The van der Waals surface area contributed by atoms with Crippen LogP contribution in [0.25, 0.3) is 0 Å². The molecule has 5 nitrogen and oxygen atoms in total. The van der Waals surface area contributed by atoms with Crippen LogP contribution in [0, 0.1) is 5.92 Å². The highest BCUT2D eigenvalue weighted by Gasteiger charge is 2.32. The Bertz CT molecular complexity index is 288. The Labute approximate surface area is 97.6 Å². The fourth-order valence-electron chi connectivity index (χ4n) is 2.09. The van der Waals surface area contributed by atoms with E-state index in [0.717, 1.165) is 12.8 Å². The van der Waals surface area contributed by atoms with Crippen molar-refractivity contribution in [2.45, 2.75) is 24.9 Å². The first-order valence-corrected chi connectivity index (χ1v) is 7.14. The highest BCUT2D eigenvalue weighted by molar-refractivity contribution is 7.85. The minimum atomic E-state index is -0.685. The summed E-state index contributed by atoms with van der Waals surface area (Å²) in [6, 6.07) is -0.0178. The Balaban J connectivity index is 1.80. The number of rotatable bonds is 2. The second-order valence-electron chi connectivity index (χ2n) is 4.44. The van der Waals surface area contributed by atoms with E-state index in [1.54, 1.807) is 0 Å². The molecular formula is C10H18N2O3S. The van der Waals surface area contributed by atoms with Gasteiger partial charge in [-0.1, -0.05) is 0 Å². The Morgan fingerprint density at radius 2 is 2.00 bits per heavy atom. The molecule has 16 heavy (non-hydrogen) atoms. The van der Waals surface area contributed by atoms with E-state index in [1.807, 2.05) is 0 Å². The molecule has 3 N–H and O–H groups in total. The SMILES string of the molecule is NC1COCC1C(=O)NC1CCS(=O)CC1. The molecule has 0 aromatic carbocycles. The van der Waals surface area contributed by atoms with E-state index in [1.165, 1.54) is 0 Å². The maximum atomic E-state index is 11.9. The van der Waals surface area contributed by atoms with Crippen molar-refractivity contribution in [3.05, 3.63) is 0 Å². The number of nitrogens with two attached hydrogens (primary N) is 1. The number of carbonyl (C=O) groups is 1. The van der Waals surface area contributed by atoms with Crippen LogP contribution >= 0.6 is 0 Å². The summed E-state index contributed by atoms with van der Waals surface area (Å²) in [5.41, 5.74) is 5.77. The summed E-state index contributed by atoms with van der Waals surface area (Å²) in [7, 11) is -0.685. The first kappa shape index (κ1) is 12.0. The fraction of sp³-hybridized carbons (Fsp3) is 0.900. The zero-order valence-electron chi connectivity index (χ0n) is 9.19. The minimum Gasteiger partial charge on any atom is -0.379 e. The van der Waals surface area contributed by atoms with E-state index in [2.05, 4.69) is 5.32 Å². The van der Waals surface area contributed by atoms with E-state index in [0.29, 0.717) is 24.7 Å². The van der Waals surface area contributed by atoms with Crippen LogP contribution in [-0.4, -0.2) is 46.9 Å². The van der Waals surface area contributed by atoms with Crippen molar-refractivity contribution in [2.24, 2.45) is 11.7 Å². The van der Waals surface area contributed by atoms with E-state index in [4.69, 9.17) is 10.5 Å². The molecule has 2 unspecified atom stereocenters. The summed E-state index contributed by atoms with van der Waals surface area (Å²) in [5.74, 6) is 1.16. The molecule has 2 fully saturated rings. The monoisotopic (exact) mass is 246 g/mol. The van der Waals surface area contributed by atoms with Crippen LogP contribution in [0.3, 0.4) is 0 Å². The normalized spacial score (nSPS) is 39.6. The average Bonchev–Trinajstić information content (AvgIpc) is 2.68. The highest BCUT2D eigenvalue weighted by atomic mass is 32.2. The molecule has 2 aliphatic rings. The van der Waals surface area contributed by atoms with Gasteiger partial charge in [0.25, 0.3) is 0 Å². The topological polar surface area (TPSA) is 81.4 Å². The molecule has 0 aromatic rings. The summed E-state index contributed by atoms with van der Waals surface area (Å²) in [4.78, 5) is 11.9. The van der Waals surface area contributed by atoms with Gasteiger partial charge in [-0.15, -0.1) is 0 Å². The first-order chi connectivity index (χ1) is 7.66. The van der Waals surface area contributed by atoms with Crippen LogP contribution in [0.2, 0.25) is 0 Å². The molecule has 0 saturated carbocycles. The zero-order valence-corrected chi connectivity index (χ0v) is 10.0. The number of amides is 1. The van der Waals surface area contributed by atoms with Gasteiger partial charge in [-0.3, -0.25) is 9.00 Å². The summed E-state index contributed by atoms with van der Waals surface area (Å²) >= 11 is 0. The lowest BCUT2D eigenvalue weighted by Crippen LogP contribution is -2.46. The van der Waals surface area contributed by atoms with Crippen LogP contribution < -0.4 is 11.1 Å². The number of ether oxygens (including phenoxy) is 1. The van der Waals surface area contributed by atoms with Gasteiger partial charge in [-0.2, -0.15) is 0 Å². The Morgan fingerprint density at radius 3 is 2.56 bits per heavy atom. The van der Waals surface area contributed by atoms with E-state index in [-0.39, 0.29) is 23.9 Å². The quantitative estimate of drug-likeness (QED) is 0.654. The Hall–Kier alpha value is -0.460. The number of hydrogen-bond acceptors (Lipinski definition) is 4. The third kappa shape index (κ3) is 2.81. The molecule has 1 amide bonds. The molecule has 0 aliphatic carbocycles. The van der Waals surface area contributed by atoms with Crippen molar-refractivity contribution in [3.63, 3.8) is 0 Å². The number of carbonyl (C=O) groups excluding carboxylic acids is 1. The number of hydrogen-bond donors (Lipinski definition) is 2. The summed E-state index contributed by atoms with van der Waals surface area (Å²) in [5, 5.41) is 2.98. The summed E-state index contributed by atoms with van der Waals surface area (Å²) in [6.45, 7) is 0.887. The van der Waals surface area contributed by atoms with Gasteiger partial charge in [-0.05, 0) is 12.8 Å². The van der Waals surface area contributed by atoms with E-state index < -0.39 is 10.8 Å². The summed E-state index contributed by atoms with van der Waals surface area (Å²) < 4.78 is 16.3. The Morgan fingerprint density at radius 1 is 1.31 bits per heavy atom. The molecule has 92 valence electrons. The van der Waals surface area contributed by atoms with Crippen LogP contribution in [0.4, 0.5) is 0 Å². The molecule has 0 spiro atoms. The van der Waals surface area contributed by atoms with Gasteiger partial charge >= 0.3 is 0 Å². The fourth-order valence-corrected chi connectivity index (χ4v) is 3.39. The van der Waals surface area contributed by atoms with Crippen LogP contribution in [-0.2, 0) is 20.3 Å². The molecular weight excluding hydrogens is 228 g/mol. The minimum absolute atomic E-state index is 0.0114.